The van der Waals surface area contributed by atoms with Crippen LogP contribution in [0.1, 0.15) is 22.3 Å². The number of hydrogen-bond acceptors (Lipinski definition) is 5. The van der Waals surface area contributed by atoms with E-state index in [4.69, 9.17) is 5.73 Å². The Morgan fingerprint density at radius 2 is 1.93 bits per heavy atom. The summed E-state index contributed by atoms with van der Waals surface area (Å²) in [6, 6.07) is 16.0. The van der Waals surface area contributed by atoms with Crippen LogP contribution in [0.15, 0.2) is 67.6 Å². The zero-order valence-electron chi connectivity index (χ0n) is 16.6. The molecular weight excluding hydrogens is 360 g/mol. The number of fused-ring (bicyclic) bond motifs is 1. The molecule has 2 aromatic carbocycles. The van der Waals surface area contributed by atoms with Crippen molar-refractivity contribution in [3.8, 4) is 0 Å². The molecule has 0 spiro atoms. The summed E-state index contributed by atoms with van der Waals surface area (Å²) in [7, 11) is 0. The molecule has 0 fully saturated rings. The van der Waals surface area contributed by atoms with Crippen molar-refractivity contribution >= 4 is 28.4 Å². The Labute approximate surface area is 170 Å². The molecular formula is C23H24N6. The standard InChI is InChI=1S/C23H24N6/c1-15-9-10-19(24)11-21(15)28-23-22-16(2)20(13-29(22)27-14-26-23)17(3)25-12-18-7-5-4-6-8-18/h4-11,13-14,25H,3,12,24H2,1-2H3,(H,26,27,28). The number of hydrogen-bond donors (Lipinski definition) is 3. The average Bonchev–Trinajstić information content (AvgIpc) is 3.07. The van der Waals surface area contributed by atoms with E-state index in [0.717, 1.165) is 39.4 Å². The fourth-order valence-corrected chi connectivity index (χ4v) is 3.36. The van der Waals surface area contributed by atoms with Gasteiger partial charge >= 0.3 is 0 Å². The lowest BCUT2D eigenvalue weighted by Gasteiger charge is -2.11. The number of nitrogens with zero attached hydrogens (tertiary/aromatic N) is 3. The molecule has 0 aliphatic carbocycles. The highest BCUT2D eigenvalue weighted by Crippen LogP contribution is 2.29. The molecule has 0 saturated heterocycles. The number of anilines is 3. The number of benzene rings is 2. The number of aromatic nitrogens is 3. The molecule has 0 aliphatic rings. The fourth-order valence-electron chi connectivity index (χ4n) is 3.36. The molecule has 2 aromatic heterocycles. The second-order valence-electron chi connectivity index (χ2n) is 7.09. The lowest BCUT2D eigenvalue weighted by atomic mass is 10.1. The molecule has 0 aliphatic heterocycles. The minimum absolute atomic E-state index is 0.703. The molecule has 6 heteroatoms. The highest BCUT2D eigenvalue weighted by atomic mass is 15.3. The minimum atomic E-state index is 0.703. The van der Waals surface area contributed by atoms with Crippen molar-refractivity contribution in [2.75, 3.05) is 11.1 Å². The molecule has 146 valence electrons. The van der Waals surface area contributed by atoms with Gasteiger partial charge in [0, 0.05) is 35.4 Å². The maximum Gasteiger partial charge on any atom is 0.158 e. The van der Waals surface area contributed by atoms with Gasteiger partial charge in [-0.25, -0.2) is 9.50 Å². The van der Waals surface area contributed by atoms with Crippen LogP contribution in [-0.2, 0) is 6.54 Å². The predicted octanol–water partition coefficient (Wildman–Crippen LogP) is 4.43. The van der Waals surface area contributed by atoms with E-state index >= 15 is 0 Å². The second kappa shape index (κ2) is 7.67. The summed E-state index contributed by atoms with van der Waals surface area (Å²) < 4.78 is 1.83. The highest BCUT2D eigenvalue weighted by Gasteiger charge is 2.15. The SMILES string of the molecule is C=C(NCc1ccccc1)c1cn2ncnc(Nc3cc(N)ccc3C)c2c1C. The predicted molar refractivity (Wildman–Crippen MR) is 119 cm³/mol. The van der Waals surface area contributed by atoms with Crippen molar-refractivity contribution < 1.29 is 0 Å². The monoisotopic (exact) mass is 384 g/mol. The average molecular weight is 384 g/mol. The summed E-state index contributed by atoms with van der Waals surface area (Å²) in [6.07, 6.45) is 3.52. The molecule has 6 nitrogen and oxygen atoms in total. The van der Waals surface area contributed by atoms with Gasteiger partial charge in [0.2, 0.25) is 0 Å². The van der Waals surface area contributed by atoms with Crippen LogP contribution in [0.25, 0.3) is 11.2 Å². The van der Waals surface area contributed by atoms with Crippen molar-refractivity contribution in [3.05, 3.63) is 89.9 Å². The smallest absolute Gasteiger partial charge is 0.158 e. The third kappa shape index (κ3) is 3.78. The Balaban J connectivity index is 1.64. The molecule has 0 amide bonds. The molecule has 4 rings (SSSR count). The number of nitrogens with two attached hydrogens (primary N) is 1. The van der Waals surface area contributed by atoms with E-state index in [1.165, 1.54) is 5.56 Å². The Kier molecular flexibility index (Phi) is 4.91. The molecule has 4 N–H and O–H groups in total. The number of aryl methyl sites for hydroxylation is 2. The summed E-state index contributed by atoms with van der Waals surface area (Å²) in [5.74, 6) is 0.730. The third-order valence-electron chi connectivity index (χ3n) is 5.02. The molecule has 0 radical (unpaired) electrons. The fraction of sp³-hybridized carbons (Fsp3) is 0.130. The Bertz CT molecular complexity index is 1180. The van der Waals surface area contributed by atoms with Gasteiger partial charge in [-0.2, -0.15) is 5.10 Å². The van der Waals surface area contributed by atoms with Crippen molar-refractivity contribution in [1.82, 2.24) is 19.9 Å². The van der Waals surface area contributed by atoms with Crippen LogP contribution >= 0.6 is 0 Å². The van der Waals surface area contributed by atoms with Gasteiger partial charge in [0.15, 0.2) is 5.82 Å². The number of nitrogens with one attached hydrogen (secondary N) is 2. The Hall–Kier alpha value is -3.80. The topological polar surface area (TPSA) is 80.3 Å². The van der Waals surface area contributed by atoms with E-state index in [9.17, 15) is 0 Å². The van der Waals surface area contributed by atoms with E-state index in [2.05, 4.69) is 46.4 Å². The minimum Gasteiger partial charge on any atom is -0.399 e. The van der Waals surface area contributed by atoms with Crippen molar-refractivity contribution in [2.45, 2.75) is 20.4 Å². The van der Waals surface area contributed by atoms with Gasteiger partial charge in [-0.15, -0.1) is 0 Å². The number of rotatable bonds is 6. The second-order valence-corrected chi connectivity index (χ2v) is 7.09. The van der Waals surface area contributed by atoms with E-state index < -0.39 is 0 Å². The van der Waals surface area contributed by atoms with Crippen LogP contribution in [0.3, 0.4) is 0 Å². The van der Waals surface area contributed by atoms with Gasteiger partial charge < -0.3 is 16.4 Å². The van der Waals surface area contributed by atoms with Crippen molar-refractivity contribution in [1.29, 1.82) is 0 Å². The highest BCUT2D eigenvalue weighted by molar-refractivity contribution is 5.83. The van der Waals surface area contributed by atoms with Crippen LogP contribution in [0.2, 0.25) is 0 Å². The summed E-state index contributed by atoms with van der Waals surface area (Å²) >= 11 is 0. The first-order valence-corrected chi connectivity index (χ1v) is 9.46. The first-order valence-electron chi connectivity index (χ1n) is 9.46. The van der Waals surface area contributed by atoms with E-state index in [-0.39, 0.29) is 0 Å². The van der Waals surface area contributed by atoms with Gasteiger partial charge in [-0.05, 0) is 42.7 Å². The van der Waals surface area contributed by atoms with Gasteiger partial charge in [0.05, 0.1) is 0 Å². The van der Waals surface area contributed by atoms with E-state index in [1.54, 1.807) is 6.33 Å². The molecule has 0 bridgehead atoms. The van der Waals surface area contributed by atoms with E-state index in [0.29, 0.717) is 12.2 Å². The largest absolute Gasteiger partial charge is 0.399 e. The van der Waals surface area contributed by atoms with Crippen molar-refractivity contribution in [2.24, 2.45) is 0 Å². The lowest BCUT2D eigenvalue weighted by molar-refractivity contribution is 0.884. The van der Waals surface area contributed by atoms with Gasteiger partial charge in [0.1, 0.15) is 11.8 Å². The first kappa shape index (κ1) is 18.6. The summed E-state index contributed by atoms with van der Waals surface area (Å²) in [4.78, 5) is 4.47. The molecule has 4 aromatic rings. The first-order chi connectivity index (χ1) is 14.0. The van der Waals surface area contributed by atoms with Crippen LogP contribution < -0.4 is 16.4 Å². The number of nitrogen functional groups attached to an aromatic ring is 1. The zero-order valence-corrected chi connectivity index (χ0v) is 16.6. The molecule has 2 heterocycles. The Morgan fingerprint density at radius 3 is 2.72 bits per heavy atom. The Morgan fingerprint density at radius 1 is 1.14 bits per heavy atom. The normalized spacial score (nSPS) is 10.8. The zero-order chi connectivity index (χ0) is 20.4. The summed E-state index contributed by atoms with van der Waals surface area (Å²) in [5, 5.41) is 11.2. The van der Waals surface area contributed by atoms with Gasteiger partial charge in [0.25, 0.3) is 0 Å². The van der Waals surface area contributed by atoms with Crippen LogP contribution in [-0.4, -0.2) is 14.6 Å². The summed E-state index contributed by atoms with van der Waals surface area (Å²) in [5.41, 5.74) is 13.7. The van der Waals surface area contributed by atoms with Crippen molar-refractivity contribution in [3.63, 3.8) is 0 Å². The lowest BCUT2D eigenvalue weighted by Crippen LogP contribution is -2.10. The molecule has 0 unspecified atom stereocenters. The molecule has 29 heavy (non-hydrogen) atoms. The van der Waals surface area contributed by atoms with E-state index in [1.807, 2.05) is 54.0 Å². The molecule has 0 saturated carbocycles. The van der Waals surface area contributed by atoms with Gasteiger partial charge in [-0.3, -0.25) is 0 Å². The van der Waals surface area contributed by atoms with Gasteiger partial charge in [-0.1, -0.05) is 43.0 Å². The molecule has 0 atom stereocenters. The quantitative estimate of drug-likeness (QED) is 0.429. The summed E-state index contributed by atoms with van der Waals surface area (Å²) in [6.45, 7) is 9.03. The maximum atomic E-state index is 5.95. The van der Waals surface area contributed by atoms with Crippen LogP contribution in [0.5, 0.6) is 0 Å². The third-order valence-corrected chi connectivity index (χ3v) is 5.02. The van der Waals surface area contributed by atoms with Crippen LogP contribution in [0, 0.1) is 13.8 Å². The van der Waals surface area contributed by atoms with Crippen LogP contribution in [0.4, 0.5) is 17.2 Å². The maximum absolute atomic E-state index is 5.95.